The maximum absolute atomic E-state index is 5.52. The van der Waals surface area contributed by atoms with Crippen molar-refractivity contribution in [2.75, 3.05) is 13.2 Å². The standard InChI is InChI=1S/C11H19N3O/c1-8-11(14-7-13-8)6-12-5-10-3-4-15-9(10)2/h7,9-10,12H,3-6H2,1-2H3,(H,13,14). The largest absolute Gasteiger partial charge is 0.378 e. The van der Waals surface area contributed by atoms with Gasteiger partial charge in [0, 0.05) is 25.4 Å². The van der Waals surface area contributed by atoms with E-state index in [-0.39, 0.29) is 0 Å². The van der Waals surface area contributed by atoms with Crippen molar-refractivity contribution in [1.29, 1.82) is 0 Å². The zero-order valence-electron chi connectivity index (χ0n) is 9.42. The summed E-state index contributed by atoms with van der Waals surface area (Å²) in [4.78, 5) is 7.33. The molecule has 0 aliphatic carbocycles. The van der Waals surface area contributed by atoms with E-state index in [4.69, 9.17) is 4.74 Å². The highest BCUT2D eigenvalue weighted by molar-refractivity contribution is 5.07. The summed E-state index contributed by atoms with van der Waals surface area (Å²) in [5.41, 5.74) is 2.26. The second kappa shape index (κ2) is 4.77. The first-order chi connectivity index (χ1) is 7.27. The Labute approximate surface area is 90.4 Å². The smallest absolute Gasteiger partial charge is 0.0925 e. The van der Waals surface area contributed by atoms with Crippen molar-refractivity contribution in [2.24, 2.45) is 5.92 Å². The van der Waals surface area contributed by atoms with Gasteiger partial charge in [0.25, 0.3) is 0 Å². The molecule has 0 saturated carbocycles. The molecule has 2 N–H and O–H groups in total. The molecule has 15 heavy (non-hydrogen) atoms. The fraction of sp³-hybridized carbons (Fsp3) is 0.727. The van der Waals surface area contributed by atoms with E-state index < -0.39 is 0 Å². The molecule has 1 aromatic rings. The number of hydrogen-bond acceptors (Lipinski definition) is 3. The molecule has 2 heterocycles. The summed E-state index contributed by atoms with van der Waals surface area (Å²) in [6, 6.07) is 0. The van der Waals surface area contributed by atoms with E-state index in [0.29, 0.717) is 12.0 Å². The predicted octanol–water partition coefficient (Wildman–Crippen LogP) is 1.23. The highest BCUT2D eigenvalue weighted by Gasteiger charge is 2.23. The maximum Gasteiger partial charge on any atom is 0.0925 e. The van der Waals surface area contributed by atoms with E-state index in [9.17, 15) is 0 Å². The molecule has 1 aromatic heterocycles. The van der Waals surface area contributed by atoms with Crippen molar-refractivity contribution in [3.63, 3.8) is 0 Å². The minimum atomic E-state index is 0.401. The second-order valence-electron chi connectivity index (χ2n) is 4.23. The van der Waals surface area contributed by atoms with Crippen LogP contribution in [0.5, 0.6) is 0 Å². The molecule has 0 amide bonds. The Balaban J connectivity index is 1.73. The van der Waals surface area contributed by atoms with Crippen LogP contribution in [-0.2, 0) is 11.3 Å². The SMILES string of the molecule is Cc1[nH]cnc1CNCC1CCOC1C. The Kier molecular flexibility index (Phi) is 3.38. The van der Waals surface area contributed by atoms with Gasteiger partial charge < -0.3 is 15.0 Å². The maximum atomic E-state index is 5.52. The van der Waals surface area contributed by atoms with Crippen molar-refractivity contribution >= 4 is 0 Å². The summed E-state index contributed by atoms with van der Waals surface area (Å²) in [6.07, 6.45) is 3.32. The normalized spacial score (nSPS) is 26.0. The van der Waals surface area contributed by atoms with Crippen LogP contribution in [0.1, 0.15) is 24.7 Å². The number of aromatic amines is 1. The van der Waals surface area contributed by atoms with Crippen LogP contribution in [0.15, 0.2) is 6.33 Å². The Bertz CT molecular complexity index is 311. The Hall–Kier alpha value is -0.870. The third-order valence-electron chi connectivity index (χ3n) is 3.17. The van der Waals surface area contributed by atoms with Gasteiger partial charge in [0.05, 0.1) is 18.1 Å². The lowest BCUT2D eigenvalue weighted by Crippen LogP contribution is -2.26. The average molecular weight is 209 g/mol. The van der Waals surface area contributed by atoms with Crippen LogP contribution in [0, 0.1) is 12.8 Å². The summed E-state index contributed by atoms with van der Waals surface area (Å²) in [6.45, 7) is 6.98. The van der Waals surface area contributed by atoms with E-state index in [1.807, 2.05) is 6.92 Å². The summed E-state index contributed by atoms with van der Waals surface area (Å²) in [7, 11) is 0. The molecule has 0 bridgehead atoms. The molecule has 4 nitrogen and oxygen atoms in total. The minimum Gasteiger partial charge on any atom is -0.378 e. The molecule has 0 spiro atoms. The van der Waals surface area contributed by atoms with Crippen molar-refractivity contribution in [3.05, 3.63) is 17.7 Å². The highest BCUT2D eigenvalue weighted by Crippen LogP contribution is 2.19. The van der Waals surface area contributed by atoms with Crippen molar-refractivity contribution < 1.29 is 4.74 Å². The number of aryl methyl sites for hydroxylation is 1. The van der Waals surface area contributed by atoms with Crippen LogP contribution in [0.3, 0.4) is 0 Å². The molecule has 1 aliphatic heterocycles. The summed E-state index contributed by atoms with van der Waals surface area (Å²) in [5, 5.41) is 3.44. The monoisotopic (exact) mass is 209 g/mol. The van der Waals surface area contributed by atoms with E-state index in [0.717, 1.165) is 31.1 Å². The number of H-pyrrole nitrogens is 1. The molecular weight excluding hydrogens is 190 g/mol. The van der Waals surface area contributed by atoms with Crippen molar-refractivity contribution in [3.8, 4) is 0 Å². The first-order valence-electron chi connectivity index (χ1n) is 5.58. The van der Waals surface area contributed by atoms with Gasteiger partial charge in [-0.25, -0.2) is 4.98 Å². The molecule has 2 atom stereocenters. The quantitative estimate of drug-likeness (QED) is 0.784. The summed E-state index contributed by atoms with van der Waals surface area (Å²) >= 11 is 0. The molecular formula is C11H19N3O. The van der Waals surface area contributed by atoms with Gasteiger partial charge in [0.15, 0.2) is 0 Å². The molecule has 1 fully saturated rings. The lowest BCUT2D eigenvalue weighted by Gasteiger charge is -2.14. The van der Waals surface area contributed by atoms with Gasteiger partial charge in [-0.05, 0) is 26.2 Å². The molecule has 84 valence electrons. The number of ether oxygens (including phenoxy) is 1. The van der Waals surface area contributed by atoms with E-state index in [1.165, 1.54) is 6.42 Å². The zero-order valence-corrected chi connectivity index (χ0v) is 9.42. The number of rotatable bonds is 4. The molecule has 0 aromatic carbocycles. The fourth-order valence-corrected chi connectivity index (χ4v) is 1.99. The van der Waals surface area contributed by atoms with Gasteiger partial charge in [-0.3, -0.25) is 0 Å². The average Bonchev–Trinajstić information content (AvgIpc) is 2.78. The van der Waals surface area contributed by atoms with Gasteiger partial charge in [0.1, 0.15) is 0 Å². The van der Waals surface area contributed by atoms with Gasteiger partial charge >= 0.3 is 0 Å². The third kappa shape index (κ3) is 2.58. The van der Waals surface area contributed by atoms with Crippen LogP contribution >= 0.6 is 0 Å². The fourth-order valence-electron chi connectivity index (χ4n) is 1.99. The highest BCUT2D eigenvalue weighted by atomic mass is 16.5. The molecule has 4 heteroatoms. The molecule has 0 radical (unpaired) electrons. The lowest BCUT2D eigenvalue weighted by molar-refractivity contribution is 0.105. The Morgan fingerprint density at radius 2 is 2.53 bits per heavy atom. The van der Waals surface area contributed by atoms with Gasteiger partial charge in [-0.1, -0.05) is 0 Å². The number of nitrogens with zero attached hydrogens (tertiary/aromatic N) is 1. The van der Waals surface area contributed by atoms with Crippen LogP contribution < -0.4 is 5.32 Å². The van der Waals surface area contributed by atoms with Gasteiger partial charge in [-0.2, -0.15) is 0 Å². The first kappa shape index (κ1) is 10.6. The minimum absolute atomic E-state index is 0.401. The lowest BCUT2D eigenvalue weighted by atomic mass is 10.0. The van der Waals surface area contributed by atoms with Crippen LogP contribution in [0.2, 0.25) is 0 Å². The summed E-state index contributed by atoms with van der Waals surface area (Å²) in [5.74, 6) is 0.657. The number of hydrogen-bond donors (Lipinski definition) is 2. The van der Waals surface area contributed by atoms with Crippen LogP contribution in [0.25, 0.3) is 0 Å². The van der Waals surface area contributed by atoms with Crippen molar-refractivity contribution in [1.82, 2.24) is 15.3 Å². The molecule has 1 saturated heterocycles. The van der Waals surface area contributed by atoms with Gasteiger partial charge in [-0.15, -0.1) is 0 Å². The summed E-state index contributed by atoms with van der Waals surface area (Å²) < 4.78 is 5.52. The molecule has 1 aliphatic rings. The van der Waals surface area contributed by atoms with E-state index in [1.54, 1.807) is 6.33 Å². The zero-order chi connectivity index (χ0) is 10.7. The Morgan fingerprint density at radius 3 is 3.13 bits per heavy atom. The number of aromatic nitrogens is 2. The molecule has 2 unspecified atom stereocenters. The molecule has 2 rings (SSSR count). The van der Waals surface area contributed by atoms with E-state index >= 15 is 0 Å². The van der Waals surface area contributed by atoms with E-state index in [2.05, 4.69) is 22.2 Å². The predicted molar refractivity (Wildman–Crippen MR) is 58.6 cm³/mol. The van der Waals surface area contributed by atoms with Crippen LogP contribution in [-0.4, -0.2) is 29.2 Å². The second-order valence-corrected chi connectivity index (χ2v) is 4.23. The van der Waals surface area contributed by atoms with Crippen LogP contribution in [0.4, 0.5) is 0 Å². The Morgan fingerprint density at radius 1 is 1.67 bits per heavy atom. The topological polar surface area (TPSA) is 49.9 Å². The number of nitrogens with one attached hydrogen (secondary N) is 2. The first-order valence-corrected chi connectivity index (χ1v) is 5.58. The third-order valence-corrected chi connectivity index (χ3v) is 3.17. The van der Waals surface area contributed by atoms with Crippen molar-refractivity contribution in [2.45, 2.75) is 32.9 Å². The number of imidazole rings is 1. The van der Waals surface area contributed by atoms with Gasteiger partial charge in [0.2, 0.25) is 0 Å².